The van der Waals surface area contributed by atoms with E-state index in [2.05, 4.69) is 15.3 Å². The third kappa shape index (κ3) is 2.25. The van der Waals surface area contributed by atoms with Crippen molar-refractivity contribution in [1.29, 1.82) is 0 Å². The molecular weight excluding hydrogens is 250 g/mol. The zero-order chi connectivity index (χ0) is 12.6. The van der Waals surface area contributed by atoms with Crippen LogP contribution in [0.1, 0.15) is 24.1 Å². The van der Waals surface area contributed by atoms with Crippen molar-refractivity contribution in [3.8, 4) is 0 Å². The lowest BCUT2D eigenvalue weighted by Crippen LogP contribution is -2.23. The van der Waals surface area contributed by atoms with E-state index in [1.807, 2.05) is 0 Å². The maximum absolute atomic E-state index is 11.4. The lowest BCUT2D eigenvalue weighted by Gasteiger charge is -2.19. The topological polar surface area (TPSA) is 72.0 Å². The fraction of sp³-hybridized carbons (Fsp3) is 0.500. The third-order valence-corrected chi connectivity index (χ3v) is 4.77. The summed E-state index contributed by atoms with van der Waals surface area (Å²) < 4.78 is 22.7. The fourth-order valence-electron chi connectivity index (χ4n) is 2.49. The van der Waals surface area contributed by atoms with Gasteiger partial charge in [0, 0.05) is 16.7 Å². The van der Waals surface area contributed by atoms with Crippen LogP contribution in [0.4, 0.5) is 5.82 Å². The van der Waals surface area contributed by atoms with Crippen molar-refractivity contribution in [2.75, 3.05) is 11.1 Å². The number of fused-ring (bicyclic) bond motifs is 1. The molecule has 2 aliphatic rings. The quantitative estimate of drug-likeness (QED) is 0.866. The molecule has 1 atom stereocenters. The Morgan fingerprint density at radius 1 is 1.22 bits per heavy atom. The van der Waals surface area contributed by atoms with Crippen molar-refractivity contribution in [3.05, 3.63) is 29.1 Å². The Balaban J connectivity index is 1.84. The van der Waals surface area contributed by atoms with E-state index in [0.717, 1.165) is 36.3 Å². The molecular formula is C12H15N3O2S. The lowest BCUT2D eigenvalue weighted by atomic mass is 9.96. The van der Waals surface area contributed by atoms with Crippen molar-refractivity contribution < 1.29 is 8.42 Å². The minimum Gasteiger partial charge on any atom is -0.362 e. The van der Waals surface area contributed by atoms with Gasteiger partial charge in [0.1, 0.15) is 12.1 Å². The summed E-state index contributed by atoms with van der Waals surface area (Å²) in [5, 5.41) is 4.48. The highest BCUT2D eigenvalue weighted by Crippen LogP contribution is 2.25. The summed E-state index contributed by atoms with van der Waals surface area (Å²) in [7, 11) is -3.02. The molecule has 1 N–H and O–H groups in total. The van der Waals surface area contributed by atoms with Crippen molar-refractivity contribution in [1.82, 2.24) is 9.97 Å². The first-order valence-electron chi connectivity index (χ1n) is 6.14. The van der Waals surface area contributed by atoms with Gasteiger partial charge in [-0.2, -0.15) is 0 Å². The zero-order valence-corrected chi connectivity index (χ0v) is 10.8. The largest absolute Gasteiger partial charge is 0.362 e. The number of rotatable bonds is 2. The molecule has 6 heteroatoms. The number of nitrogens with zero attached hydrogens (tertiary/aromatic N) is 2. The molecule has 5 nitrogen and oxygen atoms in total. The van der Waals surface area contributed by atoms with Crippen LogP contribution in [0.15, 0.2) is 17.8 Å². The first kappa shape index (κ1) is 11.6. The summed E-state index contributed by atoms with van der Waals surface area (Å²) in [6, 6.07) is -0.170. The fourth-order valence-corrected chi connectivity index (χ4v) is 3.72. The Bertz CT molecular complexity index is 595. The second kappa shape index (κ2) is 4.35. The van der Waals surface area contributed by atoms with Crippen LogP contribution in [0.5, 0.6) is 0 Å². The minimum atomic E-state index is -3.02. The summed E-state index contributed by atoms with van der Waals surface area (Å²) in [6.45, 7) is 0. The predicted molar refractivity (Wildman–Crippen MR) is 69.0 cm³/mol. The molecule has 1 aromatic rings. The molecule has 18 heavy (non-hydrogen) atoms. The molecule has 1 aliphatic heterocycles. The molecule has 0 saturated carbocycles. The van der Waals surface area contributed by atoms with Gasteiger partial charge in [-0.05, 0) is 31.8 Å². The number of nitrogens with one attached hydrogen (secondary N) is 1. The maximum atomic E-state index is 11.4. The van der Waals surface area contributed by atoms with E-state index in [1.54, 1.807) is 12.4 Å². The van der Waals surface area contributed by atoms with Crippen molar-refractivity contribution in [2.24, 2.45) is 0 Å². The van der Waals surface area contributed by atoms with Crippen LogP contribution in [0.2, 0.25) is 0 Å². The number of hydrogen-bond acceptors (Lipinski definition) is 5. The molecule has 1 unspecified atom stereocenters. The van der Waals surface area contributed by atoms with Crippen molar-refractivity contribution in [3.63, 3.8) is 0 Å². The van der Waals surface area contributed by atoms with Gasteiger partial charge in [0.25, 0.3) is 0 Å². The lowest BCUT2D eigenvalue weighted by molar-refractivity contribution is 0.605. The maximum Gasteiger partial charge on any atom is 0.173 e. The summed E-state index contributed by atoms with van der Waals surface area (Å²) >= 11 is 0. The van der Waals surface area contributed by atoms with Crippen LogP contribution >= 0.6 is 0 Å². The molecule has 1 aromatic heterocycles. The summed E-state index contributed by atoms with van der Waals surface area (Å²) in [5.41, 5.74) is 2.25. The van der Waals surface area contributed by atoms with E-state index in [9.17, 15) is 8.42 Å². The number of anilines is 1. The highest BCUT2D eigenvalue weighted by Gasteiger charge is 2.23. The Hall–Kier alpha value is -1.43. The normalized spacial score (nSPS) is 24.8. The van der Waals surface area contributed by atoms with Gasteiger partial charge < -0.3 is 5.32 Å². The molecule has 0 bridgehead atoms. The minimum absolute atomic E-state index is 0.117. The van der Waals surface area contributed by atoms with Crippen LogP contribution in [0.3, 0.4) is 0 Å². The number of sulfone groups is 1. The van der Waals surface area contributed by atoms with Crippen LogP contribution in [-0.4, -0.2) is 30.2 Å². The Morgan fingerprint density at radius 2 is 2.06 bits per heavy atom. The molecule has 1 aliphatic carbocycles. The molecule has 0 amide bonds. The van der Waals surface area contributed by atoms with Crippen LogP contribution in [0, 0.1) is 0 Å². The predicted octanol–water partition coefficient (Wildman–Crippen LogP) is 1.08. The highest BCUT2D eigenvalue weighted by molar-refractivity contribution is 7.94. The molecule has 0 fully saturated rings. The number of hydrogen-bond donors (Lipinski definition) is 1. The average Bonchev–Trinajstić information content (AvgIpc) is 2.69. The molecule has 0 aromatic carbocycles. The highest BCUT2D eigenvalue weighted by atomic mass is 32.2. The van der Waals surface area contributed by atoms with Crippen LogP contribution in [-0.2, 0) is 22.7 Å². The first-order valence-corrected chi connectivity index (χ1v) is 7.86. The van der Waals surface area contributed by atoms with E-state index in [1.165, 1.54) is 11.8 Å². The Labute approximate surface area is 106 Å². The second-order valence-corrected chi connectivity index (χ2v) is 6.69. The monoisotopic (exact) mass is 265 g/mol. The summed E-state index contributed by atoms with van der Waals surface area (Å²) in [4.78, 5) is 8.55. The van der Waals surface area contributed by atoms with Gasteiger partial charge in [0.15, 0.2) is 9.84 Å². The Kier molecular flexibility index (Phi) is 2.81. The van der Waals surface area contributed by atoms with E-state index in [4.69, 9.17) is 0 Å². The number of aromatic nitrogens is 2. The van der Waals surface area contributed by atoms with Gasteiger partial charge in [-0.3, -0.25) is 0 Å². The van der Waals surface area contributed by atoms with Gasteiger partial charge in [0.05, 0.1) is 11.8 Å². The third-order valence-electron chi connectivity index (χ3n) is 3.38. The van der Waals surface area contributed by atoms with E-state index in [-0.39, 0.29) is 11.8 Å². The van der Waals surface area contributed by atoms with Gasteiger partial charge in [-0.1, -0.05) is 0 Å². The van der Waals surface area contributed by atoms with Gasteiger partial charge in [-0.15, -0.1) is 0 Å². The van der Waals surface area contributed by atoms with Crippen LogP contribution in [0.25, 0.3) is 0 Å². The van der Waals surface area contributed by atoms with E-state index >= 15 is 0 Å². The van der Waals surface area contributed by atoms with Gasteiger partial charge >= 0.3 is 0 Å². The molecule has 0 radical (unpaired) electrons. The van der Waals surface area contributed by atoms with Gasteiger partial charge in [-0.25, -0.2) is 18.4 Å². The van der Waals surface area contributed by atoms with Crippen molar-refractivity contribution >= 4 is 15.7 Å². The Morgan fingerprint density at radius 3 is 2.83 bits per heavy atom. The van der Waals surface area contributed by atoms with E-state index in [0.29, 0.717) is 0 Å². The summed E-state index contributed by atoms with van der Waals surface area (Å²) in [5.74, 6) is 0.914. The smallest absolute Gasteiger partial charge is 0.173 e. The zero-order valence-electron chi connectivity index (χ0n) is 9.96. The molecule has 2 heterocycles. The average molecular weight is 265 g/mol. The van der Waals surface area contributed by atoms with Gasteiger partial charge in [0.2, 0.25) is 0 Å². The SMILES string of the molecule is O=S1(=O)C=CC(Nc2ncnc3c2CCCC3)C1. The standard InChI is InChI=1S/C12H15N3O2S/c16-18(17)6-5-9(7-18)15-12-10-3-1-2-4-11(10)13-8-14-12/h5-6,8-9H,1-4,7H2,(H,13,14,15). The molecule has 3 rings (SSSR count). The molecule has 0 saturated heterocycles. The first-order chi connectivity index (χ1) is 8.64. The number of aryl methyl sites for hydroxylation is 1. The molecule has 0 spiro atoms. The summed E-state index contributed by atoms with van der Waals surface area (Å²) in [6.07, 6.45) is 7.52. The second-order valence-electron chi connectivity index (χ2n) is 4.76. The molecule has 96 valence electrons. The van der Waals surface area contributed by atoms with Crippen molar-refractivity contribution in [2.45, 2.75) is 31.7 Å². The van der Waals surface area contributed by atoms with E-state index < -0.39 is 9.84 Å². The van der Waals surface area contributed by atoms with Crippen LogP contribution < -0.4 is 5.32 Å².